The number of allylic oxidation sites excluding steroid dienone is 2. The van der Waals surface area contributed by atoms with Gasteiger partial charge in [-0.25, -0.2) is 15.4 Å². The minimum atomic E-state index is -0.190. The van der Waals surface area contributed by atoms with Crippen LogP contribution in [0.2, 0.25) is 0 Å². The van der Waals surface area contributed by atoms with E-state index in [0.29, 0.717) is 5.16 Å². The van der Waals surface area contributed by atoms with Gasteiger partial charge >= 0.3 is 0 Å². The second kappa shape index (κ2) is 8.14. The van der Waals surface area contributed by atoms with E-state index in [4.69, 9.17) is 0 Å². The highest BCUT2D eigenvalue weighted by atomic mass is 32.2. The number of fused-ring (bicyclic) bond motifs is 1. The maximum Gasteiger partial charge on any atom is 0.250 e. The lowest BCUT2D eigenvalue weighted by Crippen LogP contribution is -2.23. The van der Waals surface area contributed by atoms with Crippen LogP contribution in [0, 0.1) is 13.8 Å². The lowest BCUT2D eigenvalue weighted by molar-refractivity contribution is -0.118. The number of hydrazone groups is 1. The molecule has 0 unspecified atom stereocenters. The largest absolute Gasteiger partial charge is 0.347 e. The topological polar surface area (TPSA) is 70.5 Å². The van der Waals surface area contributed by atoms with Crippen molar-refractivity contribution >= 4 is 29.6 Å². The molecule has 0 saturated carbocycles. The Morgan fingerprint density at radius 1 is 1.25 bits per heavy atom. The first-order valence-corrected chi connectivity index (χ1v) is 10.1. The molecule has 3 rings (SSSR count). The normalized spacial score (nSPS) is 16.6. The zero-order valence-corrected chi connectivity index (χ0v) is 17.7. The summed E-state index contributed by atoms with van der Waals surface area (Å²) < 4.78 is 0. The summed E-state index contributed by atoms with van der Waals surface area (Å²) in [4.78, 5) is 22.8. The number of rotatable bonds is 5. The van der Waals surface area contributed by atoms with Gasteiger partial charge in [-0.15, -0.1) is 0 Å². The fourth-order valence-electron chi connectivity index (χ4n) is 3.44. The number of thioether (sulfide) groups is 1. The lowest BCUT2D eigenvalue weighted by Gasteiger charge is -2.23. The van der Waals surface area contributed by atoms with Crippen molar-refractivity contribution in [3.05, 3.63) is 59.1 Å². The molecule has 0 aliphatic carbocycles. The Labute approximate surface area is 170 Å². The van der Waals surface area contributed by atoms with Gasteiger partial charge in [0.15, 0.2) is 5.16 Å². The minimum Gasteiger partial charge on any atom is -0.347 e. The van der Waals surface area contributed by atoms with E-state index in [9.17, 15) is 4.79 Å². The van der Waals surface area contributed by atoms with Crippen LogP contribution in [0.3, 0.4) is 0 Å². The number of para-hydroxylation sites is 1. The van der Waals surface area contributed by atoms with Crippen molar-refractivity contribution in [2.75, 3.05) is 17.7 Å². The van der Waals surface area contributed by atoms with Gasteiger partial charge in [0.2, 0.25) is 0 Å². The molecule has 1 aliphatic rings. The molecule has 1 N–H and O–H groups in total. The van der Waals surface area contributed by atoms with E-state index in [2.05, 4.69) is 57.4 Å². The number of amides is 1. The molecule has 1 aliphatic heterocycles. The molecule has 0 radical (unpaired) electrons. The molecule has 0 fully saturated rings. The number of benzene rings is 1. The Balaban J connectivity index is 1.58. The van der Waals surface area contributed by atoms with Crippen LogP contribution in [0.5, 0.6) is 0 Å². The molecule has 28 heavy (non-hydrogen) atoms. The number of aromatic nitrogens is 2. The number of likely N-dealkylation sites (N-methyl/N-ethyl adjacent to an activating group) is 1. The molecule has 146 valence electrons. The Kier molecular flexibility index (Phi) is 5.84. The van der Waals surface area contributed by atoms with E-state index >= 15 is 0 Å². The van der Waals surface area contributed by atoms with Gasteiger partial charge in [0, 0.05) is 41.4 Å². The van der Waals surface area contributed by atoms with Gasteiger partial charge in [-0.1, -0.05) is 43.8 Å². The smallest absolute Gasteiger partial charge is 0.250 e. The van der Waals surface area contributed by atoms with Crippen LogP contribution in [-0.4, -0.2) is 34.9 Å². The van der Waals surface area contributed by atoms with Crippen LogP contribution in [-0.2, 0) is 10.2 Å². The second-order valence-electron chi connectivity index (χ2n) is 7.29. The van der Waals surface area contributed by atoms with Gasteiger partial charge in [-0.3, -0.25) is 4.79 Å². The number of carbonyl (C=O) groups excluding carboxylic acids is 1. The van der Waals surface area contributed by atoms with Gasteiger partial charge < -0.3 is 4.90 Å². The third kappa shape index (κ3) is 4.25. The van der Waals surface area contributed by atoms with Crippen molar-refractivity contribution < 1.29 is 4.79 Å². The van der Waals surface area contributed by atoms with E-state index in [0.717, 1.165) is 17.1 Å². The van der Waals surface area contributed by atoms with Gasteiger partial charge in [-0.05, 0) is 37.6 Å². The highest BCUT2D eigenvalue weighted by Crippen LogP contribution is 2.46. The van der Waals surface area contributed by atoms with E-state index in [-0.39, 0.29) is 17.1 Å². The SMILES string of the molecule is Cc1cc(C)nc(SCC(=O)N/N=C/C=C2\N(C)c3ccccc3C2(C)C)n1. The van der Waals surface area contributed by atoms with Crippen LogP contribution >= 0.6 is 11.8 Å². The molecule has 6 nitrogen and oxygen atoms in total. The fourth-order valence-corrected chi connectivity index (χ4v) is 4.18. The van der Waals surface area contributed by atoms with Crippen LogP contribution < -0.4 is 10.3 Å². The summed E-state index contributed by atoms with van der Waals surface area (Å²) in [6.45, 7) is 8.20. The molecule has 0 spiro atoms. The molecular weight excluding hydrogens is 370 g/mol. The highest BCUT2D eigenvalue weighted by Gasteiger charge is 2.37. The summed E-state index contributed by atoms with van der Waals surface area (Å²) in [5, 5.41) is 4.67. The van der Waals surface area contributed by atoms with E-state index in [1.807, 2.05) is 39.1 Å². The van der Waals surface area contributed by atoms with Crippen molar-refractivity contribution in [1.82, 2.24) is 15.4 Å². The van der Waals surface area contributed by atoms with E-state index < -0.39 is 0 Å². The Morgan fingerprint density at radius 3 is 2.61 bits per heavy atom. The number of hydrogen-bond donors (Lipinski definition) is 1. The summed E-state index contributed by atoms with van der Waals surface area (Å²) in [5.41, 5.74) is 7.84. The lowest BCUT2D eigenvalue weighted by atomic mass is 9.84. The van der Waals surface area contributed by atoms with E-state index in [1.165, 1.54) is 23.0 Å². The summed E-state index contributed by atoms with van der Waals surface area (Å²) in [6, 6.07) is 10.3. The zero-order valence-electron chi connectivity index (χ0n) is 16.9. The summed E-state index contributed by atoms with van der Waals surface area (Å²) in [5.74, 6) is 0.0259. The van der Waals surface area contributed by atoms with E-state index in [1.54, 1.807) is 6.21 Å². The van der Waals surface area contributed by atoms with Crippen molar-refractivity contribution in [3.8, 4) is 0 Å². The summed E-state index contributed by atoms with van der Waals surface area (Å²) in [7, 11) is 2.05. The van der Waals surface area contributed by atoms with Crippen LogP contribution in [0.25, 0.3) is 0 Å². The number of nitrogens with one attached hydrogen (secondary N) is 1. The molecule has 1 aromatic heterocycles. The molecule has 0 bridgehead atoms. The Bertz CT molecular complexity index is 931. The fraction of sp³-hybridized carbons (Fsp3) is 0.333. The maximum absolute atomic E-state index is 12.0. The number of anilines is 1. The summed E-state index contributed by atoms with van der Waals surface area (Å²) >= 11 is 1.30. The Morgan fingerprint density at radius 2 is 1.93 bits per heavy atom. The third-order valence-corrected chi connectivity index (χ3v) is 5.58. The zero-order chi connectivity index (χ0) is 20.3. The minimum absolute atomic E-state index is 0.113. The molecule has 0 atom stereocenters. The molecule has 1 amide bonds. The molecule has 0 saturated heterocycles. The van der Waals surface area contributed by atoms with Crippen molar-refractivity contribution in [2.24, 2.45) is 5.10 Å². The predicted molar refractivity (Wildman–Crippen MR) is 115 cm³/mol. The maximum atomic E-state index is 12.0. The summed E-state index contributed by atoms with van der Waals surface area (Å²) in [6.07, 6.45) is 3.58. The average Bonchev–Trinajstić information content (AvgIpc) is 2.83. The van der Waals surface area contributed by atoms with Crippen molar-refractivity contribution in [3.63, 3.8) is 0 Å². The number of carbonyl (C=O) groups is 1. The first-order chi connectivity index (χ1) is 13.3. The monoisotopic (exact) mass is 395 g/mol. The predicted octanol–water partition coefficient (Wildman–Crippen LogP) is 3.60. The number of aryl methyl sites for hydroxylation is 2. The molecule has 2 heterocycles. The van der Waals surface area contributed by atoms with Crippen molar-refractivity contribution in [2.45, 2.75) is 38.3 Å². The standard InChI is InChI=1S/C21H25N5OS/c1-14-12-15(2)24-20(23-14)28-13-19(27)25-22-11-10-18-21(3,4)16-8-6-7-9-17(16)26(18)5/h6-12H,13H2,1-5H3,(H,25,27)/b18-10-,22-11+. The van der Waals surface area contributed by atoms with Gasteiger partial charge in [0.1, 0.15) is 0 Å². The van der Waals surface area contributed by atoms with Crippen LogP contribution in [0.15, 0.2) is 52.4 Å². The Hall–Kier alpha value is -2.67. The first kappa shape index (κ1) is 20.1. The number of hydrogen-bond acceptors (Lipinski definition) is 6. The van der Waals surface area contributed by atoms with Crippen LogP contribution in [0.4, 0.5) is 5.69 Å². The van der Waals surface area contributed by atoms with Crippen molar-refractivity contribution in [1.29, 1.82) is 0 Å². The third-order valence-electron chi connectivity index (χ3n) is 4.73. The number of nitrogens with zero attached hydrogens (tertiary/aromatic N) is 4. The quantitative estimate of drug-likeness (QED) is 0.363. The molecule has 2 aromatic rings. The van der Waals surface area contributed by atoms with Crippen LogP contribution in [0.1, 0.15) is 30.8 Å². The average molecular weight is 396 g/mol. The molecular formula is C21H25N5OS. The van der Waals surface area contributed by atoms with Gasteiger partial charge in [0.25, 0.3) is 5.91 Å². The first-order valence-electron chi connectivity index (χ1n) is 9.10. The molecule has 1 aromatic carbocycles. The molecule has 7 heteroatoms. The highest BCUT2D eigenvalue weighted by molar-refractivity contribution is 7.99. The van der Waals surface area contributed by atoms with Gasteiger partial charge in [-0.2, -0.15) is 5.10 Å². The second-order valence-corrected chi connectivity index (χ2v) is 8.23. The van der Waals surface area contributed by atoms with Gasteiger partial charge in [0.05, 0.1) is 5.75 Å².